The Morgan fingerprint density at radius 3 is 2.88 bits per heavy atom. The Kier molecular flexibility index (Phi) is 4.22. The molecule has 0 aliphatic rings. The Morgan fingerprint density at radius 2 is 2.04 bits per heavy atom. The number of thiazole rings is 1. The van der Waals surface area contributed by atoms with Gasteiger partial charge in [-0.25, -0.2) is 14.2 Å². The summed E-state index contributed by atoms with van der Waals surface area (Å²) in [4.78, 5) is 16.7. The summed E-state index contributed by atoms with van der Waals surface area (Å²) in [7, 11) is 0. The average molecular weight is 387 g/mol. The van der Waals surface area contributed by atoms with Crippen LogP contribution in [-0.4, -0.2) is 4.98 Å². The highest BCUT2D eigenvalue weighted by Crippen LogP contribution is 2.29. The van der Waals surface area contributed by atoms with Gasteiger partial charge in [0.1, 0.15) is 11.4 Å². The number of nitrogens with one attached hydrogen (secondary N) is 1. The molecular formula is C19H12ClFN2O2S. The lowest BCUT2D eigenvalue weighted by Crippen LogP contribution is -2.03. The SMILES string of the molecule is Cc1ccc(F)cc1Nc1nc(-c2cc3cc(Cl)ccc3oc2=O)cs1. The van der Waals surface area contributed by atoms with Gasteiger partial charge in [-0.1, -0.05) is 17.7 Å². The van der Waals surface area contributed by atoms with Crippen LogP contribution in [0, 0.1) is 12.7 Å². The van der Waals surface area contributed by atoms with Gasteiger partial charge < -0.3 is 9.73 Å². The zero-order valence-electron chi connectivity index (χ0n) is 13.5. The van der Waals surface area contributed by atoms with E-state index in [1.807, 2.05) is 6.92 Å². The van der Waals surface area contributed by atoms with Gasteiger partial charge in [0.05, 0.1) is 11.3 Å². The van der Waals surface area contributed by atoms with Crippen LogP contribution in [0.25, 0.3) is 22.2 Å². The Labute approximate surface area is 156 Å². The number of anilines is 2. The van der Waals surface area contributed by atoms with Crippen LogP contribution in [-0.2, 0) is 0 Å². The monoisotopic (exact) mass is 386 g/mol. The van der Waals surface area contributed by atoms with Gasteiger partial charge in [-0.15, -0.1) is 11.3 Å². The van der Waals surface area contributed by atoms with Crippen molar-refractivity contribution in [3.63, 3.8) is 0 Å². The summed E-state index contributed by atoms with van der Waals surface area (Å²) >= 11 is 7.32. The Hall–Kier alpha value is -2.70. The number of halogens is 2. The number of rotatable bonds is 3. The molecule has 2 heterocycles. The molecule has 2 aromatic carbocycles. The topological polar surface area (TPSA) is 55.1 Å². The van der Waals surface area contributed by atoms with Gasteiger partial charge in [0.25, 0.3) is 0 Å². The van der Waals surface area contributed by atoms with E-state index in [0.717, 1.165) is 10.9 Å². The van der Waals surface area contributed by atoms with E-state index in [4.69, 9.17) is 16.0 Å². The molecule has 2 aromatic heterocycles. The van der Waals surface area contributed by atoms with Crippen molar-refractivity contribution < 1.29 is 8.81 Å². The number of benzene rings is 2. The third-order valence-electron chi connectivity index (χ3n) is 3.92. The maximum absolute atomic E-state index is 13.4. The lowest BCUT2D eigenvalue weighted by molar-refractivity contribution is 0.563. The van der Waals surface area contributed by atoms with Crippen LogP contribution in [0.3, 0.4) is 0 Å². The molecular weight excluding hydrogens is 375 g/mol. The van der Waals surface area contributed by atoms with Gasteiger partial charge in [-0.2, -0.15) is 0 Å². The predicted octanol–water partition coefficient (Wildman–Crippen LogP) is 5.76. The molecule has 7 heteroatoms. The first-order valence-corrected chi connectivity index (χ1v) is 8.98. The number of aromatic nitrogens is 1. The second kappa shape index (κ2) is 6.55. The highest BCUT2D eigenvalue weighted by molar-refractivity contribution is 7.14. The van der Waals surface area contributed by atoms with Crippen molar-refractivity contribution in [2.75, 3.05) is 5.32 Å². The zero-order chi connectivity index (χ0) is 18.3. The van der Waals surface area contributed by atoms with E-state index in [9.17, 15) is 9.18 Å². The maximum atomic E-state index is 13.4. The molecule has 26 heavy (non-hydrogen) atoms. The summed E-state index contributed by atoms with van der Waals surface area (Å²) in [6.07, 6.45) is 0. The number of nitrogens with zero attached hydrogens (tertiary/aromatic N) is 1. The van der Waals surface area contributed by atoms with Gasteiger partial charge in [0.2, 0.25) is 0 Å². The normalized spacial score (nSPS) is 11.0. The summed E-state index contributed by atoms with van der Waals surface area (Å²) in [5.41, 5.74) is 2.35. The lowest BCUT2D eigenvalue weighted by atomic mass is 10.1. The van der Waals surface area contributed by atoms with E-state index >= 15 is 0 Å². The number of fused-ring (bicyclic) bond motifs is 1. The molecule has 0 amide bonds. The summed E-state index contributed by atoms with van der Waals surface area (Å²) in [6, 6.07) is 11.3. The smallest absolute Gasteiger partial charge is 0.345 e. The van der Waals surface area contributed by atoms with Crippen LogP contribution in [0.2, 0.25) is 5.02 Å². The van der Waals surface area contributed by atoms with Gasteiger partial charge in [-0.05, 0) is 48.9 Å². The minimum Gasteiger partial charge on any atom is -0.422 e. The second-order valence-corrected chi connectivity index (χ2v) is 7.05. The van der Waals surface area contributed by atoms with Crippen molar-refractivity contribution in [1.29, 1.82) is 0 Å². The van der Waals surface area contributed by atoms with Crippen LogP contribution in [0.4, 0.5) is 15.2 Å². The van der Waals surface area contributed by atoms with E-state index in [2.05, 4.69) is 10.3 Å². The Bertz CT molecular complexity index is 1190. The molecule has 130 valence electrons. The number of aryl methyl sites for hydroxylation is 1. The summed E-state index contributed by atoms with van der Waals surface area (Å²) in [5, 5.41) is 6.66. The first kappa shape index (κ1) is 16.8. The van der Waals surface area contributed by atoms with E-state index in [0.29, 0.717) is 32.7 Å². The van der Waals surface area contributed by atoms with Crippen LogP contribution < -0.4 is 10.9 Å². The highest BCUT2D eigenvalue weighted by Gasteiger charge is 2.13. The molecule has 0 unspecified atom stereocenters. The van der Waals surface area contributed by atoms with Crippen LogP contribution in [0.5, 0.6) is 0 Å². The molecule has 4 nitrogen and oxygen atoms in total. The summed E-state index contributed by atoms with van der Waals surface area (Å²) in [6.45, 7) is 1.87. The van der Waals surface area contributed by atoms with Gasteiger partial charge in [0.15, 0.2) is 5.13 Å². The van der Waals surface area contributed by atoms with Crippen molar-refractivity contribution in [2.45, 2.75) is 6.92 Å². The first-order chi connectivity index (χ1) is 12.5. The van der Waals surface area contributed by atoms with Crippen LogP contribution in [0.15, 0.2) is 57.1 Å². The second-order valence-electron chi connectivity index (χ2n) is 5.75. The predicted molar refractivity (Wildman–Crippen MR) is 103 cm³/mol. The molecule has 0 saturated heterocycles. The molecule has 4 rings (SSSR count). The van der Waals surface area contributed by atoms with Crippen molar-refractivity contribution in [1.82, 2.24) is 4.98 Å². The van der Waals surface area contributed by atoms with E-state index in [1.165, 1.54) is 23.5 Å². The molecule has 1 N–H and O–H groups in total. The summed E-state index contributed by atoms with van der Waals surface area (Å²) < 4.78 is 18.8. The fraction of sp³-hybridized carbons (Fsp3) is 0.0526. The van der Waals surface area contributed by atoms with E-state index in [-0.39, 0.29) is 5.82 Å². The van der Waals surface area contributed by atoms with Gasteiger partial charge >= 0.3 is 5.63 Å². The van der Waals surface area contributed by atoms with Crippen molar-refractivity contribution in [3.05, 3.63) is 74.7 Å². The van der Waals surface area contributed by atoms with Crippen LogP contribution >= 0.6 is 22.9 Å². The largest absolute Gasteiger partial charge is 0.422 e. The quantitative estimate of drug-likeness (QED) is 0.455. The van der Waals surface area contributed by atoms with E-state index < -0.39 is 5.63 Å². The molecule has 0 spiro atoms. The molecule has 0 radical (unpaired) electrons. The molecule has 0 saturated carbocycles. The fourth-order valence-electron chi connectivity index (χ4n) is 2.57. The molecule has 4 aromatic rings. The maximum Gasteiger partial charge on any atom is 0.345 e. The van der Waals surface area contributed by atoms with Gasteiger partial charge in [-0.3, -0.25) is 0 Å². The van der Waals surface area contributed by atoms with Gasteiger partial charge in [0, 0.05) is 21.5 Å². The fourth-order valence-corrected chi connectivity index (χ4v) is 3.48. The molecule has 0 aliphatic heterocycles. The molecule has 0 atom stereocenters. The third kappa shape index (κ3) is 3.21. The Balaban J connectivity index is 1.72. The standard InChI is InChI=1S/C19H12ClFN2O2S/c1-10-2-4-13(21)8-15(10)22-19-23-16(9-26-19)14-7-11-6-12(20)3-5-17(11)25-18(14)24/h2-9H,1H3,(H,22,23). The number of hydrogen-bond acceptors (Lipinski definition) is 5. The molecule has 0 aliphatic carbocycles. The average Bonchev–Trinajstić information content (AvgIpc) is 3.06. The minimum atomic E-state index is -0.474. The van der Waals surface area contributed by atoms with E-state index in [1.54, 1.807) is 35.7 Å². The van der Waals surface area contributed by atoms with Crippen molar-refractivity contribution in [3.8, 4) is 11.3 Å². The zero-order valence-corrected chi connectivity index (χ0v) is 15.1. The van der Waals surface area contributed by atoms with Crippen molar-refractivity contribution >= 4 is 44.7 Å². The van der Waals surface area contributed by atoms with Crippen LogP contribution in [0.1, 0.15) is 5.56 Å². The van der Waals surface area contributed by atoms with Crippen molar-refractivity contribution in [2.24, 2.45) is 0 Å². The molecule has 0 fully saturated rings. The highest BCUT2D eigenvalue weighted by atomic mass is 35.5. The minimum absolute atomic E-state index is 0.332. The number of hydrogen-bond donors (Lipinski definition) is 1. The molecule has 0 bridgehead atoms. The first-order valence-electron chi connectivity index (χ1n) is 7.72. The third-order valence-corrected chi connectivity index (χ3v) is 4.91. The summed E-state index contributed by atoms with van der Waals surface area (Å²) in [5.74, 6) is -0.332. The Morgan fingerprint density at radius 1 is 1.19 bits per heavy atom. The lowest BCUT2D eigenvalue weighted by Gasteiger charge is -2.06.